The predicted octanol–water partition coefficient (Wildman–Crippen LogP) is 1.58. The quantitative estimate of drug-likeness (QED) is 0.792. The van der Waals surface area contributed by atoms with E-state index in [2.05, 4.69) is 10.3 Å². The standard InChI is InChI=1S/C12H13ClFN3O/c1-16-12(18)9(15)4-6-5-17-11-7(6)2-3-8(14)10(11)13/h2-3,5,9,17H,4,15H2,1H3,(H,16,18)/t9-/m1/s1. The van der Waals surface area contributed by atoms with Crippen molar-refractivity contribution in [3.63, 3.8) is 0 Å². The lowest BCUT2D eigenvalue weighted by Gasteiger charge is -2.08. The van der Waals surface area contributed by atoms with Crippen molar-refractivity contribution in [2.24, 2.45) is 5.73 Å². The molecule has 6 heteroatoms. The zero-order valence-electron chi connectivity index (χ0n) is 9.76. The summed E-state index contributed by atoms with van der Waals surface area (Å²) in [6.45, 7) is 0. The Labute approximate surface area is 108 Å². The van der Waals surface area contributed by atoms with Crippen LogP contribution >= 0.6 is 11.6 Å². The SMILES string of the molecule is CNC(=O)[C@H](N)Cc1c[nH]c2c(Cl)c(F)ccc12. The molecule has 0 spiro atoms. The molecule has 0 aliphatic heterocycles. The van der Waals surface area contributed by atoms with Gasteiger partial charge in [-0.25, -0.2) is 4.39 Å². The van der Waals surface area contributed by atoms with E-state index < -0.39 is 11.9 Å². The molecule has 18 heavy (non-hydrogen) atoms. The Morgan fingerprint density at radius 1 is 1.61 bits per heavy atom. The van der Waals surface area contributed by atoms with E-state index in [-0.39, 0.29) is 10.9 Å². The monoisotopic (exact) mass is 269 g/mol. The first-order chi connectivity index (χ1) is 8.54. The number of nitrogens with two attached hydrogens (primary N) is 1. The van der Waals surface area contributed by atoms with E-state index in [1.54, 1.807) is 12.3 Å². The van der Waals surface area contributed by atoms with E-state index >= 15 is 0 Å². The van der Waals surface area contributed by atoms with Gasteiger partial charge in [0.15, 0.2) is 0 Å². The fourth-order valence-electron chi connectivity index (χ4n) is 1.88. The van der Waals surface area contributed by atoms with Gasteiger partial charge in [-0.2, -0.15) is 0 Å². The molecule has 0 aliphatic rings. The van der Waals surface area contributed by atoms with Crippen LogP contribution in [0.4, 0.5) is 4.39 Å². The Morgan fingerprint density at radius 2 is 2.33 bits per heavy atom. The molecule has 4 N–H and O–H groups in total. The molecule has 4 nitrogen and oxygen atoms in total. The minimum absolute atomic E-state index is 0.0484. The lowest BCUT2D eigenvalue weighted by atomic mass is 10.1. The van der Waals surface area contributed by atoms with Gasteiger partial charge in [0, 0.05) is 18.6 Å². The minimum atomic E-state index is -0.641. The van der Waals surface area contributed by atoms with Crippen LogP contribution in [-0.2, 0) is 11.2 Å². The number of hydrogen-bond acceptors (Lipinski definition) is 2. The molecule has 1 aromatic carbocycles. The van der Waals surface area contributed by atoms with Gasteiger partial charge in [-0.05, 0) is 24.1 Å². The summed E-state index contributed by atoms with van der Waals surface area (Å²) in [5.41, 5.74) is 7.10. The summed E-state index contributed by atoms with van der Waals surface area (Å²) >= 11 is 5.85. The van der Waals surface area contributed by atoms with Gasteiger partial charge in [-0.3, -0.25) is 4.79 Å². The summed E-state index contributed by atoms with van der Waals surface area (Å²) in [5, 5.41) is 3.31. The van der Waals surface area contributed by atoms with Gasteiger partial charge in [0.1, 0.15) is 10.8 Å². The van der Waals surface area contributed by atoms with E-state index in [1.807, 2.05) is 0 Å². The number of likely N-dealkylation sites (N-methyl/N-ethyl adjacent to an activating group) is 1. The number of carbonyl (C=O) groups excluding carboxylic acids is 1. The van der Waals surface area contributed by atoms with E-state index in [4.69, 9.17) is 17.3 Å². The van der Waals surface area contributed by atoms with Crippen molar-refractivity contribution in [2.75, 3.05) is 7.05 Å². The molecular weight excluding hydrogens is 257 g/mol. The molecule has 0 saturated heterocycles. The predicted molar refractivity (Wildman–Crippen MR) is 69.0 cm³/mol. The summed E-state index contributed by atoms with van der Waals surface area (Å²) in [4.78, 5) is 14.3. The molecule has 1 atom stereocenters. The van der Waals surface area contributed by atoms with Gasteiger partial charge in [0.25, 0.3) is 0 Å². The van der Waals surface area contributed by atoms with Crippen LogP contribution in [0.5, 0.6) is 0 Å². The van der Waals surface area contributed by atoms with Crippen molar-refractivity contribution in [3.05, 3.63) is 34.7 Å². The average Bonchev–Trinajstić information content (AvgIpc) is 2.76. The lowest BCUT2D eigenvalue weighted by molar-refractivity contribution is -0.121. The van der Waals surface area contributed by atoms with Crippen LogP contribution in [0.1, 0.15) is 5.56 Å². The number of fused-ring (bicyclic) bond motifs is 1. The third-order valence-corrected chi connectivity index (χ3v) is 3.22. The maximum Gasteiger partial charge on any atom is 0.237 e. The van der Waals surface area contributed by atoms with Crippen molar-refractivity contribution >= 4 is 28.4 Å². The van der Waals surface area contributed by atoms with Crippen LogP contribution in [0.25, 0.3) is 10.9 Å². The molecule has 1 aromatic heterocycles. The molecule has 96 valence electrons. The number of hydrogen-bond donors (Lipinski definition) is 3. The highest BCUT2D eigenvalue weighted by molar-refractivity contribution is 6.35. The summed E-state index contributed by atoms with van der Waals surface area (Å²) in [6, 6.07) is 2.28. The zero-order valence-corrected chi connectivity index (χ0v) is 10.5. The van der Waals surface area contributed by atoms with Crippen LogP contribution in [0.15, 0.2) is 18.3 Å². The molecule has 0 bridgehead atoms. The largest absolute Gasteiger partial charge is 0.360 e. The molecule has 2 aromatic rings. The molecular formula is C12H13ClFN3O. The molecule has 0 saturated carbocycles. The number of H-pyrrole nitrogens is 1. The van der Waals surface area contributed by atoms with Crippen molar-refractivity contribution < 1.29 is 9.18 Å². The second-order valence-corrected chi connectivity index (χ2v) is 4.40. The number of aromatic amines is 1. The van der Waals surface area contributed by atoms with Crippen molar-refractivity contribution in [1.82, 2.24) is 10.3 Å². The smallest absolute Gasteiger partial charge is 0.237 e. The third-order valence-electron chi connectivity index (χ3n) is 2.85. The van der Waals surface area contributed by atoms with E-state index in [9.17, 15) is 9.18 Å². The number of benzene rings is 1. The van der Waals surface area contributed by atoms with Gasteiger partial charge in [-0.1, -0.05) is 11.6 Å². The van der Waals surface area contributed by atoms with Gasteiger partial charge in [0.2, 0.25) is 5.91 Å². The number of aromatic nitrogens is 1. The van der Waals surface area contributed by atoms with Crippen LogP contribution in [0.2, 0.25) is 5.02 Å². The van der Waals surface area contributed by atoms with Crippen LogP contribution in [-0.4, -0.2) is 24.0 Å². The second kappa shape index (κ2) is 4.96. The summed E-state index contributed by atoms with van der Waals surface area (Å²) in [7, 11) is 1.53. The van der Waals surface area contributed by atoms with Crippen LogP contribution < -0.4 is 11.1 Å². The summed E-state index contributed by atoms with van der Waals surface area (Å²) in [5.74, 6) is -0.717. The highest BCUT2D eigenvalue weighted by atomic mass is 35.5. The molecule has 1 amide bonds. The van der Waals surface area contributed by atoms with Crippen LogP contribution in [0.3, 0.4) is 0 Å². The van der Waals surface area contributed by atoms with Crippen LogP contribution in [0, 0.1) is 5.82 Å². The Bertz CT molecular complexity index is 596. The molecule has 0 radical (unpaired) electrons. The first kappa shape index (κ1) is 12.9. The number of halogens is 2. The van der Waals surface area contributed by atoms with Gasteiger partial charge < -0.3 is 16.0 Å². The van der Waals surface area contributed by atoms with Gasteiger partial charge in [-0.15, -0.1) is 0 Å². The highest BCUT2D eigenvalue weighted by Gasteiger charge is 2.16. The Balaban J connectivity index is 2.36. The zero-order chi connectivity index (χ0) is 13.3. The lowest BCUT2D eigenvalue weighted by Crippen LogP contribution is -2.40. The Morgan fingerprint density at radius 3 is 3.00 bits per heavy atom. The average molecular weight is 270 g/mol. The topological polar surface area (TPSA) is 70.9 Å². The van der Waals surface area contributed by atoms with Gasteiger partial charge >= 0.3 is 0 Å². The maximum atomic E-state index is 13.3. The Kier molecular flexibility index (Phi) is 3.54. The number of nitrogens with one attached hydrogen (secondary N) is 2. The van der Waals surface area contributed by atoms with Crippen molar-refractivity contribution in [3.8, 4) is 0 Å². The first-order valence-corrected chi connectivity index (χ1v) is 5.83. The van der Waals surface area contributed by atoms with Gasteiger partial charge in [0.05, 0.1) is 11.6 Å². The third kappa shape index (κ3) is 2.19. The fraction of sp³-hybridized carbons (Fsp3) is 0.250. The van der Waals surface area contributed by atoms with Crippen molar-refractivity contribution in [2.45, 2.75) is 12.5 Å². The maximum absolute atomic E-state index is 13.3. The molecule has 1 heterocycles. The summed E-state index contributed by atoms with van der Waals surface area (Å²) in [6.07, 6.45) is 2.06. The minimum Gasteiger partial charge on any atom is -0.360 e. The van der Waals surface area contributed by atoms with E-state index in [1.165, 1.54) is 13.1 Å². The molecule has 0 fully saturated rings. The molecule has 2 rings (SSSR count). The van der Waals surface area contributed by atoms with E-state index in [0.717, 1.165) is 10.9 Å². The number of amides is 1. The first-order valence-electron chi connectivity index (χ1n) is 5.45. The summed E-state index contributed by atoms with van der Waals surface area (Å²) < 4.78 is 13.3. The van der Waals surface area contributed by atoms with Crippen molar-refractivity contribution in [1.29, 1.82) is 0 Å². The number of carbonyl (C=O) groups is 1. The fourth-order valence-corrected chi connectivity index (χ4v) is 2.10. The normalized spacial score (nSPS) is 12.7. The molecule has 0 aliphatic carbocycles. The number of rotatable bonds is 3. The Hall–Kier alpha value is -1.59. The van der Waals surface area contributed by atoms with E-state index in [0.29, 0.717) is 11.9 Å². The highest BCUT2D eigenvalue weighted by Crippen LogP contribution is 2.28. The molecule has 0 unspecified atom stereocenters. The second-order valence-electron chi connectivity index (χ2n) is 4.02.